The van der Waals surface area contributed by atoms with Crippen molar-refractivity contribution in [2.24, 2.45) is 10.9 Å². The first-order valence-corrected chi connectivity index (χ1v) is 10.3. The molecule has 1 aromatic carbocycles. The van der Waals surface area contributed by atoms with Gasteiger partial charge in [-0.25, -0.2) is 0 Å². The monoisotopic (exact) mass is 391 g/mol. The third kappa shape index (κ3) is 6.99. The lowest BCUT2D eigenvalue weighted by atomic mass is 9.74. The third-order valence-corrected chi connectivity index (χ3v) is 5.18. The van der Waals surface area contributed by atoms with Crippen LogP contribution < -0.4 is 15.4 Å². The molecule has 0 aliphatic carbocycles. The van der Waals surface area contributed by atoms with Crippen LogP contribution in [0.5, 0.6) is 5.75 Å². The first-order chi connectivity index (χ1) is 13.6. The molecule has 1 heterocycles. The average Bonchev–Trinajstić information content (AvgIpc) is 2.73. The summed E-state index contributed by atoms with van der Waals surface area (Å²) in [5.74, 6) is 2.30. The molecule has 1 fully saturated rings. The lowest BCUT2D eigenvalue weighted by molar-refractivity contribution is 0.0513. The molecule has 1 aromatic rings. The van der Waals surface area contributed by atoms with E-state index >= 15 is 0 Å². The quantitative estimate of drug-likeness (QED) is 0.365. The van der Waals surface area contributed by atoms with Crippen molar-refractivity contribution in [3.63, 3.8) is 0 Å². The molecule has 0 aromatic heterocycles. The zero-order valence-corrected chi connectivity index (χ0v) is 17.9. The van der Waals surface area contributed by atoms with Gasteiger partial charge in [-0.3, -0.25) is 4.99 Å². The van der Waals surface area contributed by atoms with E-state index in [2.05, 4.69) is 41.6 Å². The summed E-state index contributed by atoms with van der Waals surface area (Å²) in [6.07, 6.45) is 2.95. The van der Waals surface area contributed by atoms with Crippen molar-refractivity contribution in [1.29, 1.82) is 0 Å². The number of hydrogen-bond acceptors (Lipinski definition) is 4. The van der Waals surface area contributed by atoms with Gasteiger partial charge in [0.2, 0.25) is 0 Å². The van der Waals surface area contributed by atoms with E-state index < -0.39 is 0 Å². The molecule has 6 nitrogen and oxygen atoms in total. The average molecular weight is 392 g/mol. The van der Waals surface area contributed by atoms with Gasteiger partial charge >= 0.3 is 0 Å². The molecule has 1 aliphatic rings. The molecular weight excluding hydrogens is 354 g/mol. The van der Waals surface area contributed by atoms with Gasteiger partial charge in [-0.15, -0.1) is 0 Å². The van der Waals surface area contributed by atoms with Gasteiger partial charge in [-0.2, -0.15) is 0 Å². The molecule has 1 aliphatic heterocycles. The number of hydrogen-bond donors (Lipinski definition) is 2. The number of aliphatic imine (C=N–C) groups is 1. The minimum absolute atomic E-state index is 0.0442. The minimum atomic E-state index is 0.0442. The van der Waals surface area contributed by atoms with Crippen LogP contribution in [0.15, 0.2) is 29.3 Å². The Labute approximate surface area is 170 Å². The summed E-state index contributed by atoms with van der Waals surface area (Å²) in [7, 11) is 3.51. The van der Waals surface area contributed by atoms with Crippen molar-refractivity contribution in [3.8, 4) is 5.75 Å². The summed E-state index contributed by atoms with van der Waals surface area (Å²) in [6.45, 7) is 9.16. The molecule has 0 radical (unpaired) electrons. The molecule has 0 unspecified atom stereocenters. The number of nitrogens with zero attached hydrogens (tertiary/aromatic N) is 1. The fourth-order valence-corrected chi connectivity index (χ4v) is 3.45. The predicted octanol–water partition coefficient (Wildman–Crippen LogP) is 2.97. The Balaban J connectivity index is 1.87. The summed E-state index contributed by atoms with van der Waals surface area (Å²) >= 11 is 0. The fraction of sp³-hybridized carbons (Fsp3) is 0.682. The topological polar surface area (TPSA) is 64.1 Å². The number of guanidine groups is 1. The van der Waals surface area contributed by atoms with E-state index in [4.69, 9.17) is 14.2 Å². The van der Waals surface area contributed by atoms with E-state index in [0.29, 0.717) is 5.92 Å². The molecule has 158 valence electrons. The highest BCUT2D eigenvalue weighted by Gasteiger charge is 2.34. The summed E-state index contributed by atoms with van der Waals surface area (Å²) in [4.78, 5) is 4.37. The third-order valence-electron chi connectivity index (χ3n) is 5.18. The van der Waals surface area contributed by atoms with Crippen molar-refractivity contribution in [2.45, 2.75) is 38.5 Å². The first kappa shape index (κ1) is 22.5. The zero-order valence-electron chi connectivity index (χ0n) is 17.9. The number of benzene rings is 1. The van der Waals surface area contributed by atoms with E-state index in [1.165, 1.54) is 5.56 Å². The summed E-state index contributed by atoms with van der Waals surface area (Å²) in [5.41, 5.74) is 1.37. The lowest BCUT2D eigenvalue weighted by Crippen LogP contribution is -2.48. The smallest absolute Gasteiger partial charge is 0.191 e. The van der Waals surface area contributed by atoms with Gasteiger partial charge in [0.25, 0.3) is 0 Å². The van der Waals surface area contributed by atoms with Crippen molar-refractivity contribution >= 4 is 5.96 Å². The Hall–Kier alpha value is -1.79. The Bertz CT molecular complexity index is 581. The van der Waals surface area contributed by atoms with E-state index in [1.54, 1.807) is 7.11 Å². The molecule has 0 atom stereocenters. The van der Waals surface area contributed by atoms with E-state index in [-0.39, 0.29) is 5.41 Å². The molecule has 2 N–H and O–H groups in total. The van der Waals surface area contributed by atoms with Gasteiger partial charge in [0, 0.05) is 52.0 Å². The highest BCUT2D eigenvalue weighted by atomic mass is 16.5. The second-order valence-corrected chi connectivity index (χ2v) is 7.80. The van der Waals surface area contributed by atoms with Crippen LogP contribution in [0.2, 0.25) is 0 Å². The summed E-state index contributed by atoms with van der Waals surface area (Å²) < 4.78 is 16.6. The van der Waals surface area contributed by atoms with Crippen LogP contribution in [0.1, 0.15) is 38.7 Å². The van der Waals surface area contributed by atoms with Crippen molar-refractivity contribution in [1.82, 2.24) is 10.6 Å². The lowest BCUT2D eigenvalue weighted by Gasteiger charge is -2.38. The molecule has 0 bridgehead atoms. The van der Waals surface area contributed by atoms with Crippen molar-refractivity contribution in [2.75, 3.05) is 53.7 Å². The van der Waals surface area contributed by atoms with Crippen LogP contribution in [0.25, 0.3) is 0 Å². The highest BCUT2D eigenvalue weighted by Crippen LogP contribution is 2.35. The van der Waals surface area contributed by atoms with Gasteiger partial charge in [0.15, 0.2) is 5.96 Å². The maximum Gasteiger partial charge on any atom is 0.191 e. The van der Waals surface area contributed by atoms with E-state index in [9.17, 15) is 0 Å². The van der Waals surface area contributed by atoms with E-state index in [0.717, 1.165) is 70.5 Å². The van der Waals surface area contributed by atoms with Gasteiger partial charge in [-0.1, -0.05) is 26.0 Å². The molecule has 1 saturated heterocycles. The Morgan fingerprint density at radius 3 is 2.50 bits per heavy atom. The molecule has 6 heteroatoms. The zero-order chi connectivity index (χ0) is 20.2. The Morgan fingerprint density at radius 2 is 1.89 bits per heavy atom. The molecule has 0 amide bonds. The Kier molecular flexibility index (Phi) is 9.58. The summed E-state index contributed by atoms with van der Waals surface area (Å²) in [5, 5.41) is 6.92. The van der Waals surface area contributed by atoms with Gasteiger partial charge in [0.05, 0.1) is 7.11 Å². The molecular formula is C22H37N3O3. The van der Waals surface area contributed by atoms with Crippen LogP contribution in [0.4, 0.5) is 0 Å². The standard InChI is InChI=1S/C22H37N3O3/c1-18(2)16-28-13-5-12-24-21(23-3)25-17-22(10-14-27-15-11-22)19-6-8-20(26-4)9-7-19/h6-9,18H,5,10-17H2,1-4H3,(H2,23,24,25). The van der Waals surface area contributed by atoms with Gasteiger partial charge < -0.3 is 24.8 Å². The van der Waals surface area contributed by atoms with Crippen molar-refractivity contribution < 1.29 is 14.2 Å². The number of nitrogens with one attached hydrogen (secondary N) is 2. The second-order valence-electron chi connectivity index (χ2n) is 7.80. The van der Waals surface area contributed by atoms with Gasteiger partial charge in [-0.05, 0) is 42.9 Å². The molecule has 0 spiro atoms. The minimum Gasteiger partial charge on any atom is -0.497 e. The SMILES string of the molecule is CN=C(NCCCOCC(C)C)NCC1(c2ccc(OC)cc2)CCOCC1. The van der Waals surface area contributed by atoms with Crippen LogP contribution in [-0.4, -0.2) is 59.6 Å². The molecule has 0 saturated carbocycles. The molecule has 28 heavy (non-hydrogen) atoms. The van der Waals surface area contributed by atoms with Crippen LogP contribution >= 0.6 is 0 Å². The molecule has 2 rings (SSSR count). The fourth-order valence-electron chi connectivity index (χ4n) is 3.45. The Morgan fingerprint density at radius 1 is 1.18 bits per heavy atom. The predicted molar refractivity (Wildman–Crippen MR) is 114 cm³/mol. The normalized spacial score (nSPS) is 16.8. The number of methoxy groups -OCH3 is 1. The largest absolute Gasteiger partial charge is 0.497 e. The second kappa shape index (κ2) is 11.9. The van der Waals surface area contributed by atoms with Gasteiger partial charge in [0.1, 0.15) is 5.75 Å². The van der Waals surface area contributed by atoms with Crippen LogP contribution in [-0.2, 0) is 14.9 Å². The number of rotatable bonds is 10. The van der Waals surface area contributed by atoms with Crippen molar-refractivity contribution in [3.05, 3.63) is 29.8 Å². The maximum absolute atomic E-state index is 5.63. The van der Waals surface area contributed by atoms with Crippen LogP contribution in [0, 0.1) is 5.92 Å². The highest BCUT2D eigenvalue weighted by molar-refractivity contribution is 5.79. The van der Waals surface area contributed by atoms with Crippen LogP contribution in [0.3, 0.4) is 0 Å². The maximum atomic E-state index is 5.63. The van der Waals surface area contributed by atoms with E-state index in [1.807, 2.05) is 19.2 Å². The summed E-state index contributed by atoms with van der Waals surface area (Å²) in [6, 6.07) is 8.43. The number of ether oxygens (including phenoxy) is 3. The first-order valence-electron chi connectivity index (χ1n) is 10.3.